The number of hydrogen-bond donors (Lipinski definition) is 2. The molecule has 0 atom stereocenters. The molecule has 2 N–H and O–H groups in total. The zero-order valence-electron chi connectivity index (χ0n) is 8.72. The number of rotatable bonds is 3. The number of aromatic nitrogens is 2. The van der Waals surface area contributed by atoms with Crippen LogP contribution in [0.5, 0.6) is 0 Å². The molecule has 2 aromatic rings. The van der Waals surface area contributed by atoms with Crippen LogP contribution < -0.4 is 5.32 Å². The van der Waals surface area contributed by atoms with E-state index in [1.165, 1.54) is 6.07 Å². The van der Waals surface area contributed by atoms with Gasteiger partial charge < -0.3 is 10.3 Å². The van der Waals surface area contributed by atoms with Crippen LogP contribution in [0.2, 0.25) is 0 Å². The van der Waals surface area contributed by atoms with Gasteiger partial charge in [0.05, 0.1) is 24.1 Å². The molecule has 5 heteroatoms. The molecule has 0 fully saturated rings. The maximum atomic E-state index is 13.4. The quantitative estimate of drug-likeness (QED) is 0.908. The molecule has 0 bridgehead atoms. The topological polar surface area (TPSA) is 40.7 Å². The van der Waals surface area contributed by atoms with Gasteiger partial charge in [0.2, 0.25) is 0 Å². The van der Waals surface area contributed by atoms with Gasteiger partial charge in [0.1, 0.15) is 11.6 Å². The van der Waals surface area contributed by atoms with Gasteiger partial charge in [0.15, 0.2) is 0 Å². The first-order chi connectivity index (χ1) is 7.65. The van der Waals surface area contributed by atoms with Crippen LogP contribution in [0.15, 0.2) is 28.9 Å². The Bertz CT molecular complexity index is 496. The van der Waals surface area contributed by atoms with Gasteiger partial charge in [-0.3, -0.25) is 0 Å². The zero-order valence-corrected chi connectivity index (χ0v) is 10.3. The average Bonchev–Trinajstić information content (AvgIpc) is 2.63. The highest BCUT2D eigenvalue weighted by molar-refractivity contribution is 9.10. The van der Waals surface area contributed by atoms with Crippen LogP contribution in [0.3, 0.4) is 0 Å². The molecule has 1 heterocycles. The standard InChI is InChI=1S/C11H11BrFN3/c1-7-14-5-9(16-7)6-15-11-3-2-8(12)4-10(11)13/h2-5,15H,6H2,1H3,(H,14,16). The largest absolute Gasteiger partial charge is 0.377 e. The molecule has 0 radical (unpaired) electrons. The third-order valence-corrected chi connectivity index (χ3v) is 2.65. The van der Waals surface area contributed by atoms with E-state index in [1.807, 2.05) is 6.92 Å². The number of aryl methyl sites for hydroxylation is 1. The molecule has 0 aliphatic carbocycles. The van der Waals surface area contributed by atoms with Crippen molar-refractivity contribution in [1.82, 2.24) is 9.97 Å². The first-order valence-electron chi connectivity index (χ1n) is 4.84. The van der Waals surface area contributed by atoms with E-state index >= 15 is 0 Å². The minimum atomic E-state index is -0.273. The second-order valence-corrected chi connectivity index (χ2v) is 4.39. The van der Waals surface area contributed by atoms with Gasteiger partial charge in [0, 0.05) is 4.47 Å². The van der Waals surface area contributed by atoms with E-state index in [0.717, 1.165) is 16.0 Å². The van der Waals surface area contributed by atoms with Crippen LogP contribution in [0.1, 0.15) is 11.5 Å². The minimum absolute atomic E-state index is 0.273. The lowest BCUT2D eigenvalue weighted by atomic mass is 10.3. The van der Waals surface area contributed by atoms with Crippen LogP contribution >= 0.6 is 15.9 Å². The van der Waals surface area contributed by atoms with E-state index in [-0.39, 0.29) is 5.82 Å². The molecular weight excluding hydrogens is 273 g/mol. The number of benzene rings is 1. The fourth-order valence-corrected chi connectivity index (χ4v) is 1.72. The Morgan fingerprint density at radius 2 is 2.31 bits per heavy atom. The monoisotopic (exact) mass is 283 g/mol. The van der Waals surface area contributed by atoms with Crippen molar-refractivity contribution in [3.8, 4) is 0 Å². The van der Waals surface area contributed by atoms with Crippen LogP contribution in [-0.4, -0.2) is 9.97 Å². The maximum Gasteiger partial charge on any atom is 0.147 e. The van der Waals surface area contributed by atoms with E-state index in [4.69, 9.17) is 0 Å². The Morgan fingerprint density at radius 3 is 2.94 bits per heavy atom. The minimum Gasteiger partial charge on any atom is -0.377 e. The molecule has 0 amide bonds. The molecule has 84 valence electrons. The Kier molecular flexibility index (Phi) is 3.24. The van der Waals surface area contributed by atoms with Crippen molar-refractivity contribution in [3.63, 3.8) is 0 Å². The molecule has 0 unspecified atom stereocenters. The number of imidazole rings is 1. The molecule has 0 saturated heterocycles. The van der Waals surface area contributed by atoms with Crippen LogP contribution in [-0.2, 0) is 6.54 Å². The predicted molar refractivity (Wildman–Crippen MR) is 64.8 cm³/mol. The molecule has 1 aromatic carbocycles. The molecule has 0 spiro atoms. The lowest BCUT2D eigenvalue weighted by Gasteiger charge is -2.06. The van der Waals surface area contributed by atoms with Crippen LogP contribution in [0, 0.1) is 12.7 Å². The summed E-state index contributed by atoms with van der Waals surface area (Å²) in [5.74, 6) is 0.582. The van der Waals surface area contributed by atoms with Crippen molar-refractivity contribution < 1.29 is 4.39 Å². The molecule has 0 aliphatic heterocycles. The highest BCUT2D eigenvalue weighted by atomic mass is 79.9. The molecule has 3 nitrogen and oxygen atoms in total. The summed E-state index contributed by atoms with van der Waals surface area (Å²) in [5.41, 5.74) is 1.41. The number of nitrogens with one attached hydrogen (secondary N) is 2. The Morgan fingerprint density at radius 1 is 1.50 bits per heavy atom. The fourth-order valence-electron chi connectivity index (χ4n) is 1.38. The summed E-state index contributed by atoms with van der Waals surface area (Å²) in [5, 5.41) is 3.00. The lowest BCUT2D eigenvalue weighted by Crippen LogP contribution is -2.01. The van der Waals surface area contributed by atoms with Gasteiger partial charge in [-0.1, -0.05) is 15.9 Å². The van der Waals surface area contributed by atoms with Crippen molar-refractivity contribution in [2.24, 2.45) is 0 Å². The van der Waals surface area contributed by atoms with Crippen molar-refractivity contribution in [2.75, 3.05) is 5.32 Å². The highest BCUT2D eigenvalue weighted by Gasteiger charge is 2.03. The normalized spacial score (nSPS) is 10.4. The van der Waals surface area contributed by atoms with Crippen molar-refractivity contribution in [2.45, 2.75) is 13.5 Å². The van der Waals surface area contributed by atoms with Crippen LogP contribution in [0.25, 0.3) is 0 Å². The molecule has 0 aliphatic rings. The van der Waals surface area contributed by atoms with E-state index < -0.39 is 0 Å². The third-order valence-electron chi connectivity index (χ3n) is 2.16. The van der Waals surface area contributed by atoms with Gasteiger partial charge in [-0.2, -0.15) is 0 Å². The number of nitrogens with zero attached hydrogens (tertiary/aromatic N) is 1. The number of H-pyrrole nitrogens is 1. The van der Waals surface area contributed by atoms with Gasteiger partial charge in [0.25, 0.3) is 0 Å². The van der Waals surface area contributed by atoms with Gasteiger partial charge in [-0.25, -0.2) is 9.37 Å². The maximum absolute atomic E-state index is 13.4. The number of hydrogen-bond acceptors (Lipinski definition) is 2. The van der Waals surface area contributed by atoms with E-state index in [1.54, 1.807) is 18.3 Å². The molecular formula is C11H11BrFN3. The summed E-state index contributed by atoms with van der Waals surface area (Å²) in [6.07, 6.45) is 1.74. The summed E-state index contributed by atoms with van der Waals surface area (Å²) in [7, 11) is 0. The average molecular weight is 284 g/mol. The van der Waals surface area contributed by atoms with E-state index in [9.17, 15) is 4.39 Å². The Balaban J connectivity index is 2.04. The summed E-state index contributed by atoms with van der Waals surface area (Å²) in [4.78, 5) is 7.14. The van der Waals surface area contributed by atoms with Gasteiger partial charge >= 0.3 is 0 Å². The molecule has 16 heavy (non-hydrogen) atoms. The zero-order chi connectivity index (χ0) is 11.5. The van der Waals surface area contributed by atoms with Crippen molar-refractivity contribution in [1.29, 1.82) is 0 Å². The summed E-state index contributed by atoms with van der Waals surface area (Å²) in [6.45, 7) is 2.41. The van der Waals surface area contributed by atoms with E-state index in [0.29, 0.717) is 12.2 Å². The number of anilines is 1. The number of aromatic amines is 1. The first kappa shape index (κ1) is 11.1. The summed E-state index contributed by atoms with van der Waals surface area (Å²) < 4.78 is 14.2. The first-order valence-corrected chi connectivity index (χ1v) is 5.64. The van der Waals surface area contributed by atoms with Gasteiger partial charge in [-0.05, 0) is 25.1 Å². The fraction of sp³-hybridized carbons (Fsp3) is 0.182. The SMILES string of the molecule is Cc1ncc(CNc2ccc(Br)cc2F)[nH]1. The van der Waals surface area contributed by atoms with Gasteiger partial charge in [-0.15, -0.1) is 0 Å². The molecule has 0 saturated carbocycles. The second-order valence-electron chi connectivity index (χ2n) is 3.47. The molecule has 1 aromatic heterocycles. The lowest BCUT2D eigenvalue weighted by molar-refractivity contribution is 0.629. The smallest absolute Gasteiger partial charge is 0.147 e. The third kappa shape index (κ3) is 2.61. The van der Waals surface area contributed by atoms with Crippen LogP contribution in [0.4, 0.5) is 10.1 Å². The van der Waals surface area contributed by atoms with E-state index in [2.05, 4.69) is 31.2 Å². The Labute approximate surface area is 101 Å². The predicted octanol–water partition coefficient (Wildman–Crippen LogP) is 3.23. The summed E-state index contributed by atoms with van der Waals surface area (Å²) in [6, 6.07) is 4.92. The molecule has 2 rings (SSSR count). The second kappa shape index (κ2) is 4.65. The van der Waals surface area contributed by atoms with Crippen molar-refractivity contribution in [3.05, 3.63) is 46.2 Å². The van der Waals surface area contributed by atoms with Crippen molar-refractivity contribution >= 4 is 21.6 Å². The highest BCUT2D eigenvalue weighted by Crippen LogP contribution is 2.19. The summed E-state index contributed by atoms with van der Waals surface area (Å²) >= 11 is 3.21. The Hall–Kier alpha value is -1.36. The number of halogens is 2.